The third kappa shape index (κ3) is 5.64. The molecule has 0 bridgehead atoms. The van der Waals surface area contributed by atoms with Crippen LogP contribution < -0.4 is 10.2 Å². The van der Waals surface area contributed by atoms with E-state index in [2.05, 4.69) is 32.9 Å². The van der Waals surface area contributed by atoms with Crippen LogP contribution in [0, 0.1) is 0 Å². The van der Waals surface area contributed by atoms with E-state index in [9.17, 15) is 4.79 Å². The molecule has 156 valence electrons. The van der Waals surface area contributed by atoms with Gasteiger partial charge < -0.3 is 15.1 Å². The van der Waals surface area contributed by atoms with Gasteiger partial charge in [0.25, 0.3) is 0 Å². The molecule has 0 aliphatic rings. The summed E-state index contributed by atoms with van der Waals surface area (Å²) in [5.74, 6) is 1.64. The van der Waals surface area contributed by atoms with Gasteiger partial charge >= 0.3 is 0 Å². The fraction of sp³-hybridized carbons (Fsp3) is 0.217. The Morgan fingerprint density at radius 3 is 2.47 bits per heavy atom. The van der Waals surface area contributed by atoms with E-state index in [0.717, 1.165) is 40.1 Å². The predicted molar refractivity (Wildman–Crippen MR) is 125 cm³/mol. The quantitative estimate of drug-likeness (QED) is 0.621. The number of anilines is 2. The molecule has 0 spiro atoms. The van der Waals surface area contributed by atoms with Gasteiger partial charge in [0.05, 0.1) is 11.7 Å². The van der Waals surface area contributed by atoms with E-state index < -0.39 is 0 Å². The van der Waals surface area contributed by atoms with Crippen molar-refractivity contribution in [1.82, 2.24) is 19.9 Å². The molecule has 7 heteroatoms. The molecular weight excluding hydrogens is 376 g/mol. The zero-order valence-corrected chi connectivity index (χ0v) is 18.1. The highest BCUT2D eigenvalue weighted by molar-refractivity contribution is 5.83. The molecule has 30 heavy (non-hydrogen) atoms. The Morgan fingerprint density at radius 1 is 1.10 bits per heavy atom. The van der Waals surface area contributed by atoms with Crippen LogP contribution >= 0.6 is 0 Å². The number of pyridine rings is 3. The van der Waals surface area contributed by atoms with Gasteiger partial charge in [0, 0.05) is 62.8 Å². The Morgan fingerprint density at radius 2 is 1.87 bits per heavy atom. The number of aldehydes is 1. The number of allylic oxidation sites excluding steroid dienone is 1. The molecule has 0 saturated carbocycles. The molecule has 0 aliphatic carbocycles. The molecule has 0 amide bonds. The first kappa shape index (κ1) is 22.5. The summed E-state index contributed by atoms with van der Waals surface area (Å²) in [6, 6.07) is 7.53. The molecule has 0 unspecified atom stereocenters. The van der Waals surface area contributed by atoms with E-state index >= 15 is 0 Å². The van der Waals surface area contributed by atoms with Gasteiger partial charge in [-0.05, 0) is 37.4 Å². The third-order valence-corrected chi connectivity index (χ3v) is 4.41. The lowest BCUT2D eigenvalue weighted by molar-refractivity contribution is 0.112. The number of nitrogens with one attached hydrogen (secondary N) is 1. The molecule has 0 atom stereocenters. The maximum Gasteiger partial charge on any atom is 0.150 e. The number of carbonyl (C=O) groups is 1. The van der Waals surface area contributed by atoms with Crippen LogP contribution in [0.3, 0.4) is 0 Å². The zero-order chi connectivity index (χ0) is 22.1. The van der Waals surface area contributed by atoms with Gasteiger partial charge in [0.2, 0.25) is 0 Å². The van der Waals surface area contributed by atoms with E-state index in [1.165, 1.54) is 0 Å². The SMILES string of the molecule is C=CN(C)/C(=C\C)c1cnc2cnc(NC)cc2c1.CN(C)c1cc(C=O)ccn1. The number of fused-ring (bicyclic) bond motifs is 1. The Balaban J connectivity index is 0.000000248. The number of aromatic nitrogens is 3. The summed E-state index contributed by atoms with van der Waals surface area (Å²) in [7, 11) is 7.60. The molecule has 0 aromatic carbocycles. The predicted octanol–water partition coefficient (Wildman–Crippen LogP) is 4.07. The van der Waals surface area contributed by atoms with Gasteiger partial charge in [-0.25, -0.2) is 9.97 Å². The van der Waals surface area contributed by atoms with Crippen molar-refractivity contribution in [2.45, 2.75) is 6.92 Å². The third-order valence-electron chi connectivity index (χ3n) is 4.41. The van der Waals surface area contributed by atoms with Crippen molar-refractivity contribution in [3.8, 4) is 0 Å². The molecule has 3 aromatic heterocycles. The van der Waals surface area contributed by atoms with E-state index in [1.807, 2.05) is 63.3 Å². The first-order chi connectivity index (χ1) is 14.4. The highest BCUT2D eigenvalue weighted by atomic mass is 16.1. The van der Waals surface area contributed by atoms with Crippen LogP contribution in [0.25, 0.3) is 16.6 Å². The zero-order valence-electron chi connectivity index (χ0n) is 18.1. The monoisotopic (exact) mass is 404 g/mol. The van der Waals surface area contributed by atoms with Crippen molar-refractivity contribution in [3.05, 3.63) is 72.8 Å². The first-order valence-electron chi connectivity index (χ1n) is 9.47. The van der Waals surface area contributed by atoms with Crippen molar-refractivity contribution in [2.24, 2.45) is 0 Å². The standard InChI is InChI=1S/C15H18N4.C8H10N2O/c1-5-14(19(4)6-2)12-7-11-8-15(16-3)18-10-13(11)17-9-12;1-10(2)8-5-7(6-11)3-4-9-8/h5-10H,2H2,1,3-4H3,(H,16,18);3-6H,1-2H3/b14-5-;. The Hall–Kier alpha value is -3.74. The molecule has 3 rings (SSSR count). The maximum atomic E-state index is 10.3. The fourth-order valence-electron chi connectivity index (χ4n) is 2.73. The molecule has 0 aliphatic heterocycles. The van der Waals surface area contributed by atoms with Crippen molar-refractivity contribution in [1.29, 1.82) is 0 Å². The van der Waals surface area contributed by atoms with Gasteiger partial charge in [-0.3, -0.25) is 9.78 Å². The van der Waals surface area contributed by atoms with Gasteiger partial charge in [0.1, 0.15) is 17.9 Å². The van der Waals surface area contributed by atoms with E-state index in [1.54, 1.807) is 30.7 Å². The largest absolute Gasteiger partial charge is 0.373 e. The van der Waals surface area contributed by atoms with Crippen LogP contribution in [0.4, 0.5) is 11.6 Å². The lowest BCUT2D eigenvalue weighted by atomic mass is 10.1. The smallest absolute Gasteiger partial charge is 0.150 e. The summed E-state index contributed by atoms with van der Waals surface area (Å²) in [4.78, 5) is 26.9. The second-order valence-electron chi connectivity index (χ2n) is 6.66. The minimum absolute atomic E-state index is 0.656. The number of hydrogen-bond donors (Lipinski definition) is 1. The summed E-state index contributed by atoms with van der Waals surface area (Å²) >= 11 is 0. The number of carbonyl (C=O) groups excluding carboxylic acids is 1. The van der Waals surface area contributed by atoms with Gasteiger partial charge in [-0.15, -0.1) is 0 Å². The molecular formula is C23H28N6O. The van der Waals surface area contributed by atoms with E-state index in [4.69, 9.17) is 0 Å². The molecule has 0 radical (unpaired) electrons. The minimum Gasteiger partial charge on any atom is -0.373 e. The molecule has 7 nitrogen and oxygen atoms in total. The molecule has 3 heterocycles. The summed E-state index contributed by atoms with van der Waals surface area (Å²) in [5, 5.41) is 4.10. The molecule has 0 saturated heterocycles. The molecule has 1 N–H and O–H groups in total. The second kappa shape index (κ2) is 10.7. The highest BCUT2D eigenvalue weighted by Gasteiger charge is 2.06. The van der Waals surface area contributed by atoms with Crippen molar-refractivity contribution in [2.75, 3.05) is 38.4 Å². The van der Waals surface area contributed by atoms with Crippen molar-refractivity contribution < 1.29 is 4.79 Å². The summed E-state index contributed by atoms with van der Waals surface area (Å²) in [5.41, 5.74) is 3.68. The minimum atomic E-state index is 0.656. The average Bonchev–Trinajstić information content (AvgIpc) is 2.79. The second-order valence-corrected chi connectivity index (χ2v) is 6.66. The summed E-state index contributed by atoms with van der Waals surface area (Å²) < 4.78 is 0. The fourth-order valence-corrected chi connectivity index (χ4v) is 2.73. The average molecular weight is 405 g/mol. The molecule has 0 fully saturated rings. The van der Waals surface area contributed by atoms with Crippen LogP contribution in [0.2, 0.25) is 0 Å². The van der Waals surface area contributed by atoms with Crippen molar-refractivity contribution >= 4 is 34.5 Å². The topological polar surface area (TPSA) is 74.2 Å². The van der Waals surface area contributed by atoms with E-state index in [0.29, 0.717) is 5.56 Å². The van der Waals surface area contributed by atoms with Crippen molar-refractivity contribution in [3.63, 3.8) is 0 Å². The van der Waals surface area contributed by atoms with Crippen LogP contribution in [0.15, 0.2) is 61.7 Å². The Bertz CT molecular complexity index is 1040. The molecule has 3 aromatic rings. The normalized spacial score (nSPS) is 10.6. The van der Waals surface area contributed by atoms with Gasteiger partial charge in [-0.2, -0.15) is 0 Å². The maximum absolute atomic E-state index is 10.3. The number of rotatable bonds is 6. The number of nitrogens with zero attached hydrogens (tertiary/aromatic N) is 5. The lowest BCUT2D eigenvalue weighted by Crippen LogP contribution is -2.10. The van der Waals surface area contributed by atoms with E-state index in [-0.39, 0.29) is 0 Å². The van der Waals surface area contributed by atoms with Crippen LogP contribution in [0.1, 0.15) is 22.8 Å². The lowest BCUT2D eigenvalue weighted by Gasteiger charge is -2.18. The van der Waals surface area contributed by atoms with Crippen LogP contribution in [-0.4, -0.2) is 54.3 Å². The number of hydrogen-bond acceptors (Lipinski definition) is 7. The van der Waals surface area contributed by atoms with Gasteiger partial charge in [0.15, 0.2) is 0 Å². The van der Waals surface area contributed by atoms with Gasteiger partial charge in [-0.1, -0.05) is 12.7 Å². The van der Waals surface area contributed by atoms with Crippen LogP contribution in [0.5, 0.6) is 0 Å². The Kier molecular flexibility index (Phi) is 8.05. The summed E-state index contributed by atoms with van der Waals surface area (Å²) in [6.45, 7) is 5.79. The van der Waals surface area contributed by atoms with Crippen LogP contribution in [-0.2, 0) is 0 Å². The Labute approximate surface area is 177 Å². The first-order valence-corrected chi connectivity index (χ1v) is 9.47. The summed E-state index contributed by atoms with van der Waals surface area (Å²) in [6.07, 6.45) is 9.90. The highest BCUT2D eigenvalue weighted by Crippen LogP contribution is 2.22.